The molecular formula is C20H28N2O2. The van der Waals surface area contributed by atoms with E-state index in [2.05, 4.69) is 29.2 Å². The second kappa shape index (κ2) is 7.82. The largest absolute Gasteiger partial charge is 0.343 e. The Morgan fingerprint density at radius 3 is 2.38 bits per heavy atom. The van der Waals surface area contributed by atoms with Gasteiger partial charge in [-0.3, -0.25) is 9.59 Å². The molecule has 2 aliphatic heterocycles. The van der Waals surface area contributed by atoms with Crippen molar-refractivity contribution in [2.75, 3.05) is 19.6 Å². The number of benzene rings is 1. The van der Waals surface area contributed by atoms with E-state index < -0.39 is 0 Å². The van der Waals surface area contributed by atoms with Gasteiger partial charge in [0.2, 0.25) is 11.8 Å². The second-order valence-corrected chi connectivity index (χ2v) is 7.15. The van der Waals surface area contributed by atoms with Crippen molar-refractivity contribution in [3.05, 3.63) is 35.9 Å². The van der Waals surface area contributed by atoms with Gasteiger partial charge in [0.15, 0.2) is 0 Å². The summed E-state index contributed by atoms with van der Waals surface area (Å²) in [5.74, 6) is 0.539. The number of likely N-dealkylation sites (tertiary alicyclic amines) is 2. The zero-order valence-corrected chi connectivity index (χ0v) is 14.6. The van der Waals surface area contributed by atoms with E-state index in [0.29, 0.717) is 11.9 Å². The maximum Gasteiger partial charge on any atom is 0.226 e. The molecule has 2 amide bonds. The fraction of sp³-hybridized carbons (Fsp3) is 0.600. The highest BCUT2D eigenvalue weighted by Gasteiger charge is 2.33. The topological polar surface area (TPSA) is 40.6 Å². The molecule has 2 aliphatic rings. The molecule has 1 aromatic carbocycles. The first-order chi connectivity index (χ1) is 11.6. The standard InChI is InChI=1S/C20H28N2O2/c1-16(23)21-13-10-18(11-14-21)20(24)22-12-6-5-9-19(22)15-17-7-3-2-4-8-17/h2-4,7-8,18-19H,5-6,9-15H2,1H3/t19-/m0/s1. The number of hydrogen-bond acceptors (Lipinski definition) is 2. The van der Waals surface area contributed by atoms with Crippen LogP contribution in [0.5, 0.6) is 0 Å². The first-order valence-electron chi connectivity index (χ1n) is 9.25. The zero-order valence-electron chi connectivity index (χ0n) is 14.6. The summed E-state index contributed by atoms with van der Waals surface area (Å²) < 4.78 is 0. The maximum absolute atomic E-state index is 13.1. The van der Waals surface area contributed by atoms with Crippen LogP contribution in [0.15, 0.2) is 30.3 Å². The summed E-state index contributed by atoms with van der Waals surface area (Å²) in [5, 5.41) is 0. The van der Waals surface area contributed by atoms with Gasteiger partial charge >= 0.3 is 0 Å². The van der Waals surface area contributed by atoms with Gasteiger partial charge in [0.1, 0.15) is 0 Å². The molecule has 0 radical (unpaired) electrons. The van der Waals surface area contributed by atoms with Crippen LogP contribution in [-0.4, -0.2) is 47.3 Å². The number of piperidine rings is 2. The predicted octanol–water partition coefficient (Wildman–Crippen LogP) is 2.87. The minimum atomic E-state index is 0.0944. The Labute approximate surface area is 144 Å². The van der Waals surface area contributed by atoms with Crippen LogP contribution in [0.3, 0.4) is 0 Å². The van der Waals surface area contributed by atoms with Crippen molar-refractivity contribution in [2.45, 2.75) is 51.5 Å². The SMILES string of the molecule is CC(=O)N1CCC(C(=O)N2CCCC[C@H]2Cc2ccccc2)CC1. The molecule has 2 fully saturated rings. The van der Waals surface area contributed by atoms with E-state index in [9.17, 15) is 9.59 Å². The summed E-state index contributed by atoms with van der Waals surface area (Å²) in [6, 6.07) is 10.8. The van der Waals surface area contributed by atoms with Crippen molar-refractivity contribution in [2.24, 2.45) is 5.92 Å². The fourth-order valence-corrected chi connectivity index (χ4v) is 4.06. The Hall–Kier alpha value is -1.84. The van der Waals surface area contributed by atoms with Crippen molar-refractivity contribution >= 4 is 11.8 Å². The van der Waals surface area contributed by atoms with E-state index in [1.54, 1.807) is 6.92 Å². The normalized spacial score (nSPS) is 22.5. The molecule has 1 aromatic rings. The Bertz CT molecular complexity index is 564. The number of rotatable bonds is 3. The summed E-state index contributed by atoms with van der Waals surface area (Å²) in [6.07, 6.45) is 6.01. The van der Waals surface area contributed by atoms with E-state index in [0.717, 1.165) is 51.7 Å². The van der Waals surface area contributed by atoms with Crippen molar-refractivity contribution < 1.29 is 9.59 Å². The molecule has 2 saturated heterocycles. The lowest BCUT2D eigenvalue weighted by molar-refractivity contribution is -0.143. The summed E-state index contributed by atoms with van der Waals surface area (Å²) in [6.45, 7) is 3.96. The second-order valence-electron chi connectivity index (χ2n) is 7.15. The molecule has 4 nitrogen and oxygen atoms in total. The number of amides is 2. The molecule has 3 rings (SSSR count). The molecule has 2 heterocycles. The van der Waals surface area contributed by atoms with Gasteiger partial charge in [-0.2, -0.15) is 0 Å². The highest BCUT2D eigenvalue weighted by atomic mass is 16.2. The number of nitrogens with zero attached hydrogens (tertiary/aromatic N) is 2. The maximum atomic E-state index is 13.1. The summed E-state index contributed by atoms with van der Waals surface area (Å²) >= 11 is 0. The van der Waals surface area contributed by atoms with Crippen molar-refractivity contribution in [3.63, 3.8) is 0 Å². The van der Waals surface area contributed by atoms with Crippen LogP contribution in [0.1, 0.15) is 44.6 Å². The van der Waals surface area contributed by atoms with Gasteiger partial charge in [0.25, 0.3) is 0 Å². The van der Waals surface area contributed by atoms with E-state index in [1.807, 2.05) is 11.0 Å². The summed E-state index contributed by atoms with van der Waals surface area (Å²) in [5.41, 5.74) is 1.31. The first kappa shape index (κ1) is 17.0. The smallest absolute Gasteiger partial charge is 0.226 e. The van der Waals surface area contributed by atoms with Crippen LogP contribution in [0.4, 0.5) is 0 Å². The highest BCUT2D eigenvalue weighted by Crippen LogP contribution is 2.26. The van der Waals surface area contributed by atoms with Gasteiger partial charge in [0, 0.05) is 38.5 Å². The van der Waals surface area contributed by atoms with Gasteiger partial charge < -0.3 is 9.80 Å². The molecule has 0 bridgehead atoms. The monoisotopic (exact) mass is 328 g/mol. The third-order valence-corrected chi connectivity index (χ3v) is 5.51. The van der Waals surface area contributed by atoms with Crippen LogP contribution in [0.2, 0.25) is 0 Å². The van der Waals surface area contributed by atoms with E-state index in [4.69, 9.17) is 0 Å². The highest BCUT2D eigenvalue weighted by molar-refractivity contribution is 5.80. The Morgan fingerprint density at radius 2 is 1.71 bits per heavy atom. The fourth-order valence-electron chi connectivity index (χ4n) is 4.06. The Balaban J connectivity index is 1.62. The molecule has 0 aliphatic carbocycles. The average molecular weight is 328 g/mol. The summed E-state index contributed by atoms with van der Waals surface area (Å²) in [4.78, 5) is 28.5. The molecule has 0 saturated carbocycles. The Morgan fingerprint density at radius 1 is 1.00 bits per heavy atom. The third kappa shape index (κ3) is 3.97. The van der Waals surface area contributed by atoms with Crippen molar-refractivity contribution in [3.8, 4) is 0 Å². The van der Waals surface area contributed by atoms with Crippen LogP contribution in [0.25, 0.3) is 0 Å². The quantitative estimate of drug-likeness (QED) is 0.856. The average Bonchev–Trinajstić information content (AvgIpc) is 2.62. The van der Waals surface area contributed by atoms with Gasteiger partial charge in [-0.15, -0.1) is 0 Å². The minimum Gasteiger partial charge on any atom is -0.343 e. The molecule has 0 unspecified atom stereocenters. The third-order valence-electron chi connectivity index (χ3n) is 5.51. The molecule has 0 N–H and O–H groups in total. The lowest BCUT2D eigenvalue weighted by Crippen LogP contribution is -2.50. The van der Waals surface area contributed by atoms with Crippen LogP contribution < -0.4 is 0 Å². The summed E-state index contributed by atoms with van der Waals surface area (Å²) in [7, 11) is 0. The first-order valence-corrected chi connectivity index (χ1v) is 9.25. The molecule has 0 spiro atoms. The lowest BCUT2D eigenvalue weighted by Gasteiger charge is -2.40. The number of hydrogen-bond donors (Lipinski definition) is 0. The molecule has 24 heavy (non-hydrogen) atoms. The lowest BCUT2D eigenvalue weighted by atomic mass is 9.90. The molecule has 1 atom stereocenters. The zero-order chi connectivity index (χ0) is 16.9. The van der Waals surface area contributed by atoms with E-state index in [-0.39, 0.29) is 11.8 Å². The predicted molar refractivity (Wildman–Crippen MR) is 94.5 cm³/mol. The minimum absolute atomic E-state index is 0.0944. The molecule has 130 valence electrons. The van der Waals surface area contributed by atoms with Crippen molar-refractivity contribution in [1.29, 1.82) is 0 Å². The van der Waals surface area contributed by atoms with Crippen molar-refractivity contribution in [1.82, 2.24) is 9.80 Å². The molecule has 4 heteroatoms. The van der Waals surface area contributed by atoms with E-state index in [1.165, 1.54) is 12.0 Å². The van der Waals surface area contributed by atoms with Gasteiger partial charge in [-0.25, -0.2) is 0 Å². The molecular weight excluding hydrogens is 300 g/mol. The van der Waals surface area contributed by atoms with E-state index >= 15 is 0 Å². The molecule has 0 aromatic heterocycles. The Kier molecular flexibility index (Phi) is 5.54. The van der Waals surface area contributed by atoms with Crippen LogP contribution in [0, 0.1) is 5.92 Å². The van der Waals surface area contributed by atoms with Crippen LogP contribution in [-0.2, 0) is 16.0 Å². The van der Waals surface area contributed by atoms with Gasteiger partial charge in [-0.1, -0.05) is 30.3 Å². The number of carbonyl (C=O) groups excluding carboxylic acids is 2. The van der Waals surface area contributed by atoms with Gasteiger partial charge in [-0.05, 0) is 44.1 Å². The van der Waals surface area contributed by atoms with Crippen LogP contribution >= 0.6 is 0 Å². The number of carbonyl (C=O) groups is 2. The van der Waals surface area contributed by atoms with Gasteiger partial charge in [0.05, 0.1) is 0 Å².